The highest BCUT2D eigenvalue weighted by Gasteiger charge is 2.29. The number of fused-ring (bicyclic) bond motifs is 2. The van der Waals surface area contributed by atoms with Crippen LogP contribution in [0.5, 0.6) is 0 Å². The molecular weight excluding hydrogens is 653 g/mol. The number of hydrogen-bond donors (Lipinski definition) is 3. The van der Waals surface area contributed by atoms with Crippen molar-refractivity contribution in [2.75, 3.05) is 23.7 Å². The first kappa shape index (κ1) is 34.0. The molecule has 1 aliphatic rings. The summed E-state index contributed by atoms with van der Waals surface area (Å²) in [5.41, 5.74) is 5.32. The molecule has 0 spiro atoms. The van der Waals surface area contributed by atoms with Crippen molar-refractivity contribution in [2.24, 2.45) is 0 Å². The van der Waals surface area contributed by atoms with Crippen LogP contribution in [0.3, 0.4) is 0 Å². The minimum Gasteiger partial charge on any atom is -0.390 e. The smallest absolute Gasteiger partial charge is 0.390 e. The van der Waals surface area contributed by atoms with Crippen LogP contribution in [0.4, 0.5) is 24.7 Å². The number of nitriles is 1. The molecule has 5 heterocycles. The van der Waals surface area contributed by atoms with Crippen LogP contribution in [0, 0.1) is 18.3 Å². The zero-order valence-corrected chi connectivity index (χ0v) is 27.7. The van der Waals surface area contributed by atoms with Crippen LogP contribution in [0.1, 0.15) is 45.9 Å². The van der Waals surface area contributed by atoms with Gasteiger partial charge in [0.05, 0.1) is 29.8 Å². The van der Waals surface area contributed by atoms with Gasteiger partial charge < -0.3 is 20.3 Å². The fourth-order valence-corrected chi connectivity index (χ4v) is 7.36. The number of likely N-dealkylation sites (tertiary alicyclic amines) is 1. The summed E-state index contributed by atoms with van der Waals surface area (Å²) in [4.78, 5) is 27.9. The molecule has 49 heavy (non-hydrogen) atoms. The number of halogens is 3. The Morgan fingerprint density at radius 3 is 2.69 bits per heavy atom. The van der Waals surface area contributed by atoms with Gasteiger partial charge in [0, 0.05) is 60.1 Å². The second kappa shape index (κ2) is 14.3. The summed E-state index contributed by atoms with van der Waals surface area (Å²) in [6.07, 6.45) is -0.468. The number of piperidine rings is 1. The Bertz CT molecular complexity index is 2060. The summed E-state index contributed by atoms with van der Waals surface area (Å²) in [6, 6.07) is 13.6. The maximum Gasteiger partial charge on any atom is 0.393 e. The average molecular weight is 689 g/mol. The van der Waals surface area contributed by atoms with E-state index in [4.69, 9.17) is 0 Å². The number of pyridine rings is 1. The monoisotopic (exact) mass is 688 g/mol. The van der Waals surface area contributed by atoms with Crippen molar-refractivity contribution in [1.29, 1.82) is 5.26 Å². The number of hydrogen-bond acceptors (Lipinski definition) is 9. The lowest BCUT2D eigenvalue weighted by Gasteiger charge is -2.33. The molecule has 6 rings (SSSR count). The molecule has 1 saturated heterocycles. The van der Waals surface area contributed by atoms with Gasteiger partial charge in [-0.2, -0.15) is 18.4 Å². The lowest BCUT2D eigenvalue weighted by Crippen LogP contribution is -2.39. The number of aliphatic hydroxyl groups excluding tert-OH is 1. The van der Waals surface area contributed by atoms with Crippen LogP contribution in [-0.4, -0.2) is 60.7 Å². The maximum atomic E-state index is 12.9. The SMILES string of the molecule is C=CC(=O)Nc1ccc(CCn2c(C#N)cc3c(C)c(CN4CCC(Nc5ncnc6sc(CC(F)(F)F)cc56)CC4)ccc32)nc1CO. The van der Waals surface area contributed by atoms with E-state index in [1.54, 1.807) is 18.2 Å². The standard InChI is InChI=1S/C35H35F3N8O2S/c1-3-32(48)44-29-6-5-23(42-30(29)19-47)10-13-46-25(17-39)14-27-21(2)22(4-7-31(27)46)18-45-11-8-24(9-12-45)43-33-28-15-26(16-35(36,37)38)49-34(28)41-20-40-33/h3-7,14-15,20,24,47H,1,8-13,16,18-19H2,2H3,(H,44,48)(H,40,41,43). The first-order valence-corrected chi connectivity index (χ1v) is 16.7. The van der Waals surface area contributed by atoms with Crippen LogP contribution < -0.4 is 10.6 Å². The molecule has 1 amide bonds. The van der Waals surface area contributed by atoms with E-state index in [1.165, 1.54) is 11.9 Å². The number of aryl methyl sites for hydroxylation is 3. The molecule has 3 N–H and O–H groups in total. The number of aromatic nitrogens is 4. The summed E-state index contributed by atoms with van der Waals surface area (Å²) in [7, 11) is 0. The summed E-state index contributed by atoms with van der Waals surface area (Å²) in [6.45, 7) is 8.15. The van der Waals surface area contributed by atoms with Gasteiger partial charge in [0.1, 0.15) is 28.7 Å². The Morgan fingerprint density at radius 2 is 1.98 bits per heavy atom. The summed E-state index contributed by atoms with van der Waals surface area (Å²) in [5.74, 6) is 0.188. The normalized spacial score (nSPS) is 14.3. The van der Waals surface area contributed by atoms with Gasteiger partial charge >= 0.3 is 6.18 Å². The Labute approximate surface area is 284 Å². The minimum absolute atomic E-state index is 0.140. The molecule has 0 saturated carbocycles. The van der Waals surface area contributed by atoms with Gasteiger partial charge in [-0.1, -0.05) is 12.6 Å². The van der Waals surface area contributed by atoms with E-state index >= 15 is 0 Å². The van der Waals surface area contributed by atoms with Gasteiger partial charge in [-0.05, 0) is 67.3 Å². The third-order valence-corrected chi connectivity index (χ3v) is 9.92. The predicted molar refractivity (Wildman–Crippen MR) is 183 cm³/mol. The van der Waals surface area contributed by atoms with E-state index < -0.39 is 12.6 Å². The van der Waals surface area contributed by atoms with Crippen molar-refractivity contribution in [3.8, 4) is 6.07 Å². The summed E-state index contributed by atoms with van der Waals surface area (Å²) >= 11 is 1.05. The highest BCUT2D eigenvalue weighted by Crippen LogP contribution is 2.33. The first-order chi connectivity index (χ1) is 23.5. The molecule has 0 radical (unpaired) electrons. The highest BCUT2D eigenvalue weighted by molar-refractivity contribution is 7.18. The maximum absolute atomic E-state index is 12.9. The number of carbonyl (C=O) groups is 1. The van der Waals surface area contributed by atoms with E-state index in [1.807, 2.05) is 10.6 Å². The molecule has 0 aliphatic carbocycles. The largest absolute Gasteiger partial charge is 0.393 e. The number of aliphatic hydroxyl groups is 1. The van der Waals surface area contributed by atoms with Crippen LogP contribution in [-0.2, 0) is 37.3 Å². The van der Waals surface area contributed by atoms with E-state index in [9.17, 15) is 28.3 Å². The van der Waals surface area contributed by atoms with Crippen molar-refractivity contribution >= 4 is 49.9 Å². The van der Waals surface area contributed by atoms with Gasteiger partial charge in [-0.3, -0.25) is 14.7 Å². The molecule has 14 heteroatoms. The lowest BCUT2D eigenvalue weighted by molar-refractivity contribution is -0.126. The number of nitrogens with zero attached hydrogens (tertiary/aromatic N) is 6. The lowest BCUT2D eigenvalue weighted by atomic mass is 10.0. The number of nitrogens with one attached hydrogen (secondary N) is 2. The van der Waals surface area contributed by atoms with E-state index in [0.29, 0.717) is 46.1 Å². The van der Waals surface area contributed by atoms with Gasteiger partial charge in [-0.25, -0.2) is 9.97 Å². The van der Waals surface area contributed by atoms with Crippen molar-refractivity contribution in [3.05, 3.63) is 88.5 Å². The summed E-state index contributed by atoms with van der Waals surface area (Å²) in [5, 5.41) is 27.5. The molecule has 1 aliphatic heterocycles. The van der Waals surface area contributed by atoms with Crippen molar-refractivity contribution in [2.45, 2.75) is 64.5 Å². The highest BCUT2D eigenvalue weighted by atomic mass is 32.1. The molecule has 0 atom stereocenters. The van der Waals surface area contributed by atoms with E-state index in [2.05, 4.69) is 62.2 Å². The minimum atomic E-state index is -4.27. The number of amides is 1. The summed E-state index contributed by atoms with van der Waals surface area (Å²) < 4.78 is 40.8. The van der Waals surface area contributed by atoms with Crippen molar-refractivity contribution in [3.63, 3.8) is 0 Å². The van der Waals surface area contributed by atoms with Crippen LogP contribution in [0.2, 0.25) is 0 Å². The predicted octanol–water partition coefficient (Wildman–Crippen LogP) is 6.26. The first-order valence-electron chi connectivity index (χ1n) is 15.9. The molecule has 0 unspecified atom stereocenters. The van der Waals surface area contributed by atoms with Crippen molar-refractivity contribution in [1.82, 2.24) is 24.4 Å². The Balaban J connectivity index is 1.10. The van der Waals surface area contributed by atoms with E-state index in [-0.39, 0.29) is 23.4 Å². The number of benzene rings is 1. The Kier molecular flexibility index (Phi) is 9.96. The van der Waals surface area contributed by atoms with Gasteiger partial charge in [0.2, 0.25) is 5.91 Å². The quantitative estimate of drug-likeness (QED) is 0.139. The van der Waals surface area contributed by atoms with Gasteiger partial charge in [-0.15, -0.1) is 11.3 Å². The van der Waals surface area contributed by atoms with Crippen molar-refractivity contribution < 1.29 is 23.1 Å². The molecule has 10 nitrogen and oxygen atoms in total. The zero-order chi connectivity index (χ0) is 34.7. The fourth-order valence-electron chi connectivity index (χ4n) is 6.33. The fraction of sp³-hybridized carbons (Fsp3) is 0.343. The molecular formula is C35H35F3N8O2S. The van der Waals surface area contributed by atoms with E-state index in [0.717, 1.165) is 72.0 Å². The second-order valence-electron chi connectivity index (χ2n) is 12.1. The topological polar surface area (TPSA) is 132 Å². The number of carbonyl (C=O) groups excluding carboxylic acids is 1. The van der Waals surface area contributed by atoms with Crippen LogP contribution >= 0.6 is 11.3 Å². The molecule has 1 aromatic carbocycles. The number of alkyl halides is 3. The molecule has 1 fully saturated rings. The molecule has 4 aromatic heterocycles. The zero-order valence-electron chi connectivity index (χ0n) is 26.8. The van der Waals surface area contributed by atoms with Crippen LogP contribution in [0.25, 0.3) is 21.1 Å². The van der Waals surface area contributed by atoms with Gasteiger partial charge in [0.15, 0.2) is 0 Å². The number of rotatable bonds is 11. The molecule has 254 valence electrons. The molecule has 0 bridgehead atoms. The molecule has 5 aromatic rings. The average Bonchev–Trinajstić information content (AvgIpc) is 3.66. The third kappa shape index (κ3) is 7.75. The Hall–Kier alpha value is -4.84. The number of thiophene rings is 1. The van der Waals surface area contributed by atoms with Gasteiger partial charge in [0.25, 0.3) is 0 Å². The van der Waals surface area contributed by atoms with Crippen LogP contribution in [0.15, 0.2) is 55.4 Å². The number of anilines is 2. The third-order valence-electron chi connectivity index (χ3n) is 8.88. The second-order valence-corrected chi connectivity index (χ2v) is 13.2. The Morgan fingerprint density at radius 1 is 1.18 bits per heavy atom.